The first-order valence-electron chi connectivity index (χ1n) is 7.84. The van der Waals surface area contributed by atoms with Gasteiger partial charge in [-0.3, -0.25) is 9.80 Å². The molecule has 0 bridgehead atoms. The first-order chi connectivity index (χ1) is 11.5. The van der Waals surface area contributed by atoms with Gasteiger partial charge in [-0.15, -0.1) is 0 Å². The molecule has 0 aromatic heterocycles. The molecule has 1 saturated heterocycles. The van der Waals surface area contributed by atoms with Gasteiger partial charge in [-0.05, 0) is 29.8 Å². The Morgan fingerprint density at radius 2 is 1.25 bits per heavy atom. The molecule has 2 nitrogen and oxygen atoms in total. The van der Waals surface area contributed by atoms with E-state index in [1.54, 1.807) is 0 Å². The maximum Gasteiger partial charge on any atom is 0.0595 e. The van der Waals surface area contributed by atoms with Crippen molar-refractivity contribution >= 4 is 46.4 Å². The molecule has 24 heavy (non-hydrogen) atoms. The second kappa shape index (κ2) is 8.27. The van der Waals surface area contributed by atoms with Crippen molar-refractivity contribution in [3.05, 3.63) is 67.6 Å². The van der Waals surface area contributed by atoms with E-state index in [2.05, 4.69) is 9.80 Å². The van der Waals surface area contributed by atoms with Crippen LogP contribution in [0.4, 0.5) is 0 Å². The van der Waals surface area contributed by atoms with Gasteiger partial charge in [0.25, 0.3) is 0 Å². The number of hydrogen-bond donors (Lipinski definition) is 0. The third-order valence-corrected chi connectivity index (χ3v) is 5.75. The van der Waals surface area contributed by atoms with Crippen molar-refractivity contribution in [3.63, 3.8) is 0 Å². The van der Waals surface area contributed by atoms with Crippen LogP contribution in [-0.4, -0.2) is 36.0 Å². The van der Waals surface area contributed by atoms with Gasteiger partial charge < -0.3 is 0 Å². The third kappa shape index (κ3) is 4.57. The molecule has 0 spiro atoms. The van der Waals surface area contributed by atoms with Crippen LogP contribution in [-0.2, 0) is 13.1 Å². The zero-order chi connectivity index (χ0) is 17.1. The van der Waals surface area contributed by atoms with Crippen molar-refractivity contribution in [2.24, 2.45) is 0 Å². The van der Waals surface area contributed by atoms with Crippen LogP contribution in [0.5, 0.6) is 0 Å². The lowest BCUT2D eigenvalue weighted by atomic mass is 10.1. The molecule has 0 N–H and O–H groups in total. The van der Waals surface area contributed by atoms with Gasteiger partial charge >= 0.3 is 0 Å². The number of hydrogen-bond acceptors (Lipinski definition) is 2. The van der Waals surface area contributed by atoms with Crippen molar-refractivity contribution in [2.75, 3.05) is 26.2 Å². The number of benzene rings is 2. The number of rotatable bonds is 4. The molecule has 0 amide bonds. The molecule has 0 unspecified atom stereocenters. The second-order valence-electron chi connectivity index (χ2n) is 6.00. The van der Waals surface area contributed by atoms with Crippen LogP contribution in [0.15, 0.2) is 36.4 Å². The fourth-order valence-corrected chi connectivity index (χ4v) is 3.75. The van der Waals surface area contributed by atoms with Gasteiger partial charge in [0.2, 0.25) is 0 Å². The van der Waals surface area contributed by atoms with Crippen LogP contribution >= 0.6 is 46.4 Å². The van der Waals surface area contributed by atoms with E-state index >= 15 is 0 Å². The zero-order valence-corrected chi connectivity index (χ0v) is 16.1. The van der Waals surface area contributed by atoms with Crippen LogP contribution in [0.1, 0.15) is 11.1 Å². The van der Waals surface area contributed by atoms with Crippen molar-refractivity contribution in [3.8, 4) is 0 Å². The molecular formula is C18H18Cl4N2. The van der Waals surface area contributed by atoms with E-state index in [-0.39, 0.29) is 0 Å². The molecule has 0 radical (unpaired) electrons. The standard InChI is InChI=1S/C18H18Cl4N2/c19-15-2-1-3-16(20)14(15)12-24-8-6-23(7-9-24)11-13-4-5-17(21)18(22)10-13/h1-5,10H,6-9,11-12H2. The molecule has 0 saturated carbocycles. The highest BCUT2D eigenvalue weighted by molar-refractivity contribution is 6.42. The van der Waals surface area contributed by atoms with Crippen LogP contribution in [0.2, 0.25) is 20.1 Å². The molecule has 1 aliphatic rings. The quantitative estimate of drug-likeness (QED) is 0.653. The molecule has 3 rings (SSSR count). The fraction of sp³-hybridized carbons (Fsp3) is 0.333. The summed E-state index contributed by atoms with van der Waals surface area (Å²) < 4.78 is 0. The highest BCUT2D eigenvalue weighted by atomic mass is 35.5. The van der Waals surface area contributed by atoms with E-state index in [1.807, 2.05) is 36.4 Å². The predicted molar refractivity (Wildman–Crippen MR) is 103 cm³/mol. The summed E-state index contributed by atoms with van der Waals surface area (Å²) in [6.45, 7) is 5.66. The fourth-order valence-electron chi connectivity index (χ4n) is 2.91. The van der Waals surface area contributed by atoms with E-state index in [4.69, 9.17) is 46.4 Å². The Labute approximate surface area is 162 Å². The lowest BCUT2D eigenvalue weighted by Gasteiger charge is -2.35. The molecule has 2 aromatic carbocycles. The highest BCUT2D eigenvalue weighted by Gasteiger charge is 2.19. The summed E-state index contributed by atoms with van der Waals surface area (Å²) in [4.78, 5) is 4.81. The largest absolute Gasteiger partial charge is 0.297 e. The smallest absolute Gasteiger partial charge is 0.0595 e. The molecular weight excluding hydrogens is 386 g/mol. The van der Waals surface area contributed by atoms with Crippen molar-refractivity contribution in [2.45, 2.75) is 13.1 Å². The molecule has 1 fully saturated rings. The van der Waals surface area contributed by atoms with Crippen LogP contribution in [0, 0.1) is 0 Å². The highest BCUT2D eigenvalue weighted by Crippen LogP contribution is 2.26. The maximum absolute atomic E-state index is 6.27. The lowest BCUT2D eigenvalue weighted by Crippen LogP contribution is -2.45. The summed E-state index contributed by atoms with van der Waals surface area (Å²) in [5, 5.41) is 2.68. The average Bonchev–Trinajstić information content (AvgIpc) is 2.56. The van der Waals surface area contributed by atoms with Crippen molar-refractivity contribution in [1.82, 2.24) is 9.80 Å². The van der Waals surface area contributed by atoms with Gasteiger partial charge in [0.05, 0.1) is 10.0 Å². The summed E-state index contributed by atoms with van der Waals surface area (Å²) in [5.74, 6) is 0. The van der Waals surface area contributed by atoms with E-state index in [9.17, 15) is 0 Å². The molecule has 1 aliphatic heterocycles. The van der Waals surface area contributed by atoms with Crippen LogP contribution < -0.4 is 0 Å². The van der Waals surface area contributed by atoms with E-state index in [1.165, 1.54) is 5.56 Å². The molecule has 6 heteroatoms. The van der Waals surface area contributed by atoms with Gasteiger partial charge in [0.15, 0.2) is 0 Å². The Kier molecular flexibility index (Phi) is 6.31. The summed E-state index contributed by atoms with van der Waals surface area (Å²) in [6.07, 6.45) is 0. The normalized spacial score (nSPS) is 16.5. The summed E-state index contributed by atoms with van der Waals surface area (Å²) in [6, 6.07) is 11.5. The minimum atomic E-state index is 0.599. The number of piperazine rings is 1. The Bertz CT molecular complexity index is 692. The Morgan fingerprint density at radius 1 is 0.667 bits per heavy atom. The zero-order valence-electron chi connectivity index (χ0n) is 13.1. The molecule has 0 aliphatic carbocycles. The average molecular weight is 404 g/mol. The Morgan fingerprint density at radius 3 is 1.83 bits per heavy atom. The second-order valence-corrected chi connectivity index (χ2v) is 7.63. The van der Waals surface area contributed by atoms with Crippen LogP contribution in [0.25, 0.3) is 0 Å². The third-order valence-electron chi connectivity index (χ3n) is 4.30. The van der Waals surface area contributed by atoms with E-state index < -0.39 is 0 Å². The van der Waals surface area contributed by atoms with E-state index in [0.717, 1.165) is 54.9 Å². The van der Waals surface area contributed by atoms with Crippen molar-refractivity contribution < 1.29 is 0 Å². The molecule has 0 atom stereocenters. The summed E-state index contributed by atoms with van der Waals surface area (Å²) in [7, 11) is 0. The number of halogens is 4. The van der Waals surface area contributed by atoms with Gasteiger partial charge in [-0.2, -0.15) is 0 Å². The Balaban J connectivity index is 1.55. The van der Waals surface area contributed by atoms with Crippen LogP contribution in [0.3, 0.4) is 0 Å². The first kappa shape index (κ1) is 18.3. The predicted octanol–water partition coefficient (Wildman–Crippen LogP) is 5.62. The minimum Gasteiger partial charge on any atom is -0.297 e. The number of nitrogens with zero attached hydrogens (tertiary/aromatic N) is 2. The van der Waals surface area contributed by atoms with Gasteiger partial charge in [0, 0.05) is 54.9 Å². The van der Waals surface area contributed by atoms with E-state index in [0.29, 0.717) is 10.0 Å². The topological polar surface area (TPSA) is 6.48 Å². The molecule has 1 heterocycles. The van der Waals surface area contributed by atoms with Gasteiger partial charge in [-0.1, -0.05) is 58.5 Å². The minimum absolute atomic E-state index is 0.599. The summed E-state index contributed by atoms with van der Waals surface area (Å²) in [5.41, 5.74) is 2.20. The first-order valence-corrected chi connectivity index (χ1v) is 9.35. The molecule has 2 aromatic rings. The van der Waals surface area contributed by atoms with Gasteiger partial charge in [-0.25, -0.2) is 0 Å². The lowest BCUT2D eigenvalue weighted by molar-refractivity contribution is 0.122. The SMILES string of the molecule is Clc1ccc(CN2CCN(Cc3c(Cl)cccc3Cl)CC2)cc1Cl. The Hall–Kier alpha value is -0.480. The molecule has 128 valence electrons. The maximum atomic E-state index is 6.27. The summed E-state index contributed by atoms with van der Waals surface area (Å²) >= 11 is 24.6. The monoisotopic (exact) mass is 402 g/mol. The van der Waals surface area contributed by atoms with Crippen molar-refractivity contribution in [1.29, 1.82) is 0 Å². The van der Waals surface area contributed by atoms with Gasteiger partial charge in [0.1, 0.15) is 0 Å².